The molecule has 0 spiro atoms. The Bertz CT molecular complexity index is 800. The van der Waals surface area contributed by atoms with E-state index in [4.69, 9.17) is 9.84 Å². The van der Waals surface area contributed by atoms with Crippen molar-refractivity contribution in [3.05, 3.63) is 59.7 Å². The molecule has 1 N–H and O–H groups in total. The lowest BCUT2D eigenvalue weighted by Crippen LogP contribution is -2.40. The summed E-state index contributed by atoms with van der Waals surface area (Å²) in [5.41, 5.74) is 4.96. The van der Waals surface area contributed by atoms with Crippen molar-refractivity contribution in [1.82, 2.24) is 9.80 Å². The molecule has 2 aliphatic rings. The normalized spacial score (nSPS) is 17.0. The molecule has 0 radical (unpaired) electrons. The van der Waals surface area contributed by atoms with Crippen molar-refractivity contribution in [3.8, 4) is 11.1 Å². The molecular weight excluding hydrogens is 364 g/mol. The molecule has 154 valence electrons. The van der Waals surface area contributed by atoms with E-state index >= 15 is 0 Å². The zero-order valence-corrected chi connectivity index (χ0v) is 17.1. The van der Waals surface area contributed by atoms with Crippen molar-refractivity contribution < 1.29 is 14.6 Å². The molecule has 0 atom stereocenters. The van der Waals surface area contributed by atoms with Crippen LogP contribution in [0.5, 0.6) is 0 Å². The zero-order chi connectivity index (χ0) is 20.2. The number of carbonyl (C=O) groups is 1. The number of aliphatic hydroxyl groups is 1. The molecule has 1 fully saturated rings. The summed E-state index contributed by atoms with van der Waals surface area (Å²) in [5, 5.41) is 9.06. The first kappa shape index (κ1) is 19.9. The van der Waals surface area contributed by atoms with Gasteiger partial charge in [-0.2, -0.15) is 0 Å². The molecule has 2 aromatic carbocycles. The van der Waals surface area contributed by atoms with Crippen LogP contribution in [0, 0.1) is 5.92 Å². The second kappa shape index (κ2) is 8.97. The highest BCUT2D eigenvalue weighted by Crippen LogP contribution is 2.44. The van der Waals surface area contributed by atoms with Gasteiger partial charge < -0.3 is 19.6 Å². The van der Waals surface area contributed by atoms with Gasteiger partial charge in [-0.3, -0.25) is 0 Å². The average molecular weight is 395 g/mol. The second-order valence-corrected chi connectivity index (χ2v) is 8.19. The molecule has 1 aliphatic heterocycles. The van der Waals surface area contributed by atoms with Gasteiger partial charge in [0, 0.05) is 26.1 Å². The predicted octanol–water partition coefficient (Wildman–Crippen LogP) is 3.57. The number of ether oxygens (including phenoxy) is 1. The van der Waals surface area contributed by atoms with Gasteiger partial charge in [0.05, 0.1) is 6.61 Å². The number of aliphatic hydroxyl groups excluding tert-OH is 1. The number of likely N-dealkylation sites (tertiary alicyclic amines) is 1. The third-order valence-corrected chi connectivity index (χ3v) is 6.30. The molecule has 0 aromatic heterocycles. The highest BCUT2D eigenvalue weighted by molar-refractivity contribution is 5.79. The number of amides is 1. The van der Waals surface area contributed by atoms with Crippen LogP contribution in [0.2, 0.25) is 0 Å². The predicted molar refractivity (Wildman–Crippen MR) is 114 cm³/mol. The zero-order valence-electron chi connectivity index (χ0n) is 17.1. The smallest absolute Gasteiger partial charge is 0.409 e. The number of piperidine rings is 1. The summed E-state index contributed by atoms with van der Waals surface area (Å²) < 4.78 is 5.75. The summed E-state index contributed by atoms with van der Waals surface area (Å²) in [4.78, 5) is 16.6. The van der Waals surface area contributed by atoms with Crippen LogP contribution >= 0.6 is 0 Å². The van der Waals surface area contributed by atoms with Gasteiger partial charge in [0.15, 0.2) is 0 Å². The minimum Gasteiger partial charge on any atom is -0.448 e. The summed E-state index contributed by atoms with van der Waals surface area (Å²) in [6.07, 6.45) is 1.87. The average Bonchev–Trinajstić information content (AvgIpc) is 3.07. The monoisotopic (exact) mass is 394 g/mol. The number of carbonyl (C=O) groups excluding carboxylic acids is 1. The highest BCUT2D eigenvalue weighted by atomic mass is 16.6. The third-order valence-electron chi connectivity index (χ3n) is 6.30. The molecule has 1 saturated heterocycles. The molecule has 1 aliphatic carbocycles. The molecule has 4 rings (SSSR count). The van der Waals surface area contributed by atoms with E-state index in [-0.39, 0.29) is 18.6 Å². The number of rotatable bonds is 6. The van der Waals surface area contributed by atoms with Crippen LogP contribution in [-0.4, -0.2) is 67.4 Å². The summed E-state index contributed by atoms with van der Waals surface area (Å²) in [7, 11) is 1.83. The second-order valence-electron chi connectivity index (χ2n) is 8.19. The van der Waals surface area contributed by atoms with Crippen LogP contribution in [-0.2, 0) is 4.74 Å². The summed E-state index contributed by atoms with van der Waals surface area (Å²) in [5.74, 6) is 0.594. The molecule has 5 heteroatoms. The Balaban J connectivity index is 1.33. The van der Waals surface area contributed by atoms with Crippen molar-refractivity contribution in [2.75, 3.05) is 46.4 Å². The minimum absolute atomic E-state index is 0.0986. The maximum Gasteiger partial charge on any atom is 0.409 e. The minimum atomic E-state index is -0.246. The van der Waals surface area contributed by atoms with E-state index in [1.807, 2.05) is 7.05 Å². The van der Waals surface area contributed by atoms with Gasteiger partial charge in [-0.15, -0.1) is 0 Å². The van der Waals surface area contributed by atoms with Crippen molar-refractivity contribution in [3.63, 3.8) is 0 Å². The molecule has 0 bridgehead atoms. The van der Waals surface area contributed by atoms with Gasteiger partial charge in [-0.05, 0) is 54.1 Å². The molecule has 29 heavy (non-hydrogen) atoms. The largest absolute Gasteiger partial charge is 0.448 e. The maximum atomic E-state index is 12.6. The van der Waals surface area contributed by atoms with Gasteiger partial charge in [0.2, 0.25) is 0 Å². The fraction of sp³-hybridized carbons (Fsp3) is 0.458. The van der Waals surface area contributed by atoms with Gasteiger partial charge in [-0.25, -0.2) is 4.79 Å². The van der Waals surface area contributed by atoms with E-state index in [0.717, 1.165) is 39.0 Å². The van der Waals surface area contributed by atoms with Crippen LogP contribution in [0.1, 0.15) is 29.9 Å². The van der Waals surface area contributed by atoms with Crippen molar-refractivity contribution >= 4 is 6.09 Å². The first-order chi connectivity index (χ1) is 14.2. The standard InChI is InChI=1S/C24H30N2O3/c1-25(16-18-10-12-26(13-11-18)14-15-27)24(28)29-17-23-21-8-4-2-6-19(21)20-7-3-5-9-22(20)23/h2-9,18,23,27H,10-17H2,1H3. The maximum absolute atomic E-state index is 12.6. The van der Waals surface area contributed by atoms with Crippen molar-refractivity contribution in [1.29, 1.82) is 0 Å². The van der Waals surface area contributed by atoms with Gasteiger partial charge in [0.1, 0.15) is 6.61 Å². The first-order valence-corrected chi connectivity index (χ1v) is 10.6. The SMILES string of the molecule is CN(CC1CCN(CCO)CC1)C(=O)OCC1c2ccccc2-c2ccccc21. The Labute approximate surface area is 172 Å². The van der Waals surface area contributed by atoms with E-state index in [9.17, 15) is 4.79 Å². The van der Waals surface area contributed by atoms with Gasteiger partial charge in [0.25, 0.3) is 0 Å². The lowest BCUT2D eigenvalue weighted by atomic mass is 9.96. The number of nitrogens with zero attached hydrogens (tertiary/aromatic N) is 2. The number of fused-ring (bicyclic) bond motifs is 3. The lowest BCUT2D eigenvalue weighted by Gasteiger charge is -2.33. The molecule has 5 nitrogen and oxygen atoms in total. The van der Waals surface area contributed by atoms with E-state index in [1.165, 1.54) is 22.3 Å². The summed E-state index contributed by atoms with van der Waals surface area (Å²) in [6.45, 7) is 4.03. The van der Waals surface area contributed by atoms with Crippen LogP contribution < -0.4 is 0 Å². The molecule has 0 saturated carbocycles. The van der Waals surface area contributed by atoms with Gasteiger partial charge >= 0.3 is 6.09 Å². The molecular formula is C24H30N2O3. The Morgan fingerprint density at radius 1 is 1.07 bits per heavy atom. The fourth-order valence-corrected chi connectivity index (χ4v) is 4.70. The van der Waals surface area contributed by atoms with E-state index in [1.54, 1.807) is 4.90 Å². The highest BCUT2D eigenvalue weighted by Gasteiger charge is 2.30. The topological polar surface area (TPSA) is 53.0 Å². The molecule has 2 aromatic rings. The Hall–Kier alpha value is -2.37. The van der Waals surface area contributed by atoms with Crippen LogP contribution in [0.4, 0.5) is 4.79 Å². The Morgan fingerprint density at radius 3 is 2.24 bits per heavy atom. The van der Waals surface area contributed by atoms with E-state index in [0.29, 0.717) is 12.5 Å². The van der Waals surface area contributed by atoms with Crippen LogP contribution in [0.3, 0.4) is 0 Å². The number of hydrogen-bond acceptors (Lipinski definition) is 4. The first-order valence-electron chi connectivity index (χ1n) is 10.6. The number of benzene rings is 2. The number of hydrogen-bond donors (Lipinski definition) is 1. The van der Waals surface area contributed by atoms with Crippen LogP contribution in [0.15, 0.2) is 48.5 Å². The Morgan fingerprint density at radius 2 is 1.66 bits per heavy atom. The van der Waals surface area contributed by atoms with E-state index in [2.05, 4.69) is 53.4 Å². The summed E-state index contributed by atoms with van der Waals surface area (Å²) in [6, 6.07) is 16.8. The summed E-state index contributed by atoms with van der Waals surface area (Å²) >= 11 is 0. The van der Waals surface area contributed by atoms with Gasteiger partial charge in [-0.1, -0.05) is 48.5 Å². The van der Waals surface area contributed by atoms with Crippen LogP contribution in [0.25, 0.3) is 11.1 Å². The molecule has 1 amide bonds. The molecule has 1 heterocycles. The Kier molecular flexibility index (Phi) is 6.16. The fourth-order valence-electron chi connectivity index (χ4n) is 4.70. The van der Waals surface area contributed by atoms with Crippen molar-refractivity contribution in [2.45, 2.75) is 18.8 Å². The lowest BCUT2D eigenvalue weighted by molar-refractivity contribution is 0.0914. The molecule has 0 unspecified atom stereocenters. The van der Waals surface area contributed by atoms with E-state index < -0.39 is 0 Å². The number of β-amino-alcohol motifs (C(OH)–C–C–N with tert-alkyl or cyclic N) is 1. The third kappa shape index (κ3) is 4.31. The quantitative estimate of drug-likeness (QED) is 0.814. The van der Waals surface area contributed by atoms with Crippen molar-refractivity contribution in [2.24, 2.45) is 5.92 Å².